The molecule has 0 saturated heterocycles. The molecule has 0 radical (unpaired) electrons. The first kappa shape index (κ1) is 10.8. The minimum Gasteiger partial charge on any atom is -0.364 e. The Morgan fingerprint density at radius 3 is 2.67 bits per heavy atom. The summed E-state index contributed by atoms with van der Waals surface area (Å²) in [6, 6.07) is 7.01. The normalized spacial score (nSPS) is 16.8. The van der Waals surface area contributed by atoms with Crippen LogP contribution in [0, 0.1) is 0 Å². The summed E-state index contributed by atoms with van der Waals surface area (Å²) in [5.41, 5.74) is 6.00. The zero-order valence-electron chi connectivity index (χ0n) is 9.10. The zero-order chi connectivity index (χ0) is 12.9. The van der Waals surface area contributed by atoms with Crippen molar-refractivity contribution in [2.45, 2.75) is 4.90 Å². The number of aromatic nitrogens is 1. The first-order valence-electron chi connectivity index (χ1n) is 5.14. The number of nitrogens with one attached hydrogen (secondary N) is 2. The number of nitrogens with two attached hydrogens (primary N) is 1. The van der Waals surface area contributed by atoms with Crippen LogP contribution in [-0.4, -0.2) is 19.3 Å². The molecule has 1 aromatic heterocycles. The van der Waals surface area contributed by atoms with Gasteiger partial charge in [-0.05, 0) is 12.1 Å². The minimum absolute atomic E-state index is 0.142. The van der Waals surface area contributed by atoms with E-state index in [1.807, 2.05) is 0 Å². The van der Waals surface area contributed by atoms with E-state index in [1.54, 1.807) is 24.3 Å². The third-order valence-corrected chi connectivity index (χ3v) is 4.22. The number of carbonyl (C=O) groups excluding carboxylic acids is 1. The molecule has 1 aliphatic rings. The fourth-order valence-electron chi connectivity index (χ4n) is 2.02. The van der Waals surface area contributed by atoms with Gasteiger partial charge >= 0.3 is 0 Å². The van der Waals surface area contributed by atoms with Gasteiger partial charge in [-0.15, -0.1) is 0 Å². The Kier molecular flexibility index (Phi) is 2.02. The van der Waals surface area contributed by atoms with Crippen LogP contribution in [0.1, 0.15) is 5.69 Å². The van der Waals surface area contributed by atoms with Crippen molar-refractivity contribution >= 4 is 32.9 Å². The van der Waals surface area contributed by atoms with Gasteiger partial charge in [0, 0.05) is 10.9 Å². The molecule has 1 amide bonds. The number of para-hydroxylation sites is 1. The highest BCUT2D eigenvalue weighted by Crippen LogP contribution is 2.31. The Morgan fingerprint density at radius 1 is 1.22 bits per heavy atom. The van der Waals surface area contributed by atoms with E-state index in [2.05, 4.69) is 9.71 Å². The quantitative estimate of drug-likeness (QED) is 0.688. The molecule has 6 nitrogen and oxygen atoms in total. The van der Waals surface area contributed by atoms with Crippen LogP contribution in [0.15, 0.2) is 34.9 Å². The lowest BCUT2D eigenvalue weighted by Gasteiger charge is -2.14. The molecular formula is C11H9N3O3S. The molecule has 2 aromatic rings. The predicted octanol–water partition coefficient (Wildman–Crippen LogP) is 0.286. The fraction of sp³-hybridized carbons (Fsp3) is 0. The van der Waals surface area contributed by atoms with Gasteiger partial charge < -0.3 is 10.7 Å². The van der Waals surface area contributed by atoms with Gasteiger partial charge in [0.05, 0.1) is 5.69 Å². The van der Waals surface area contributed by atoms with E-state index in [4.69, 9.17) is 5.73 Å². The Hall–Kier alpha value is -2.28. The first-order valence-corrected chi connectivity index (χ1v) is 6.62. The standard InChI is InChI=1S/C11H9N3O3S/c12-11(15)9-5-8-10(18(16,17)14-9)6-3-1-2-4-7(6)13-8/h1-5,13-14H,(H2,12,15). The number of aromatic amines is 1. The molecule has 1 aliphatic heterocycles. The van der Waals surface area contributed by atoms with Crippen molar-refractivity contribution in [2.24, 2.45) is 5.73 Å². The van der Waals surface area contributed by atoms with E-state index < -0.39 is 15.9 Å². The van der Waals surface area contributed by atoms with Crippen molar-refractivity contribution in [3.8, 4) is 0 Å². The highest BCUT2D eigenvalue weighted by molar-refractivity contribution is 7.90. The number of amides is 1. The molecule has 0 spiro atoms. The molecule has 2 heterocycles. The molecule has 1 aromatic carbocycles. The number of rotatable bonds is 1. The molecule has 0 unspecified atom stereocenters. The van der Waals surface area contributed by atoms with E-state index in [0.29, 0.717) is 16.6 Å². The fourth-order valence-corrected chi connectivity index (χ4v) is 3.44. The van der Waals surface area contributed by atoms with Crippen LogP contribution in [0.2, 0.25) is 0 Å². The van der Waals surface area contributed by atoms with Gasteiger partial charge in [-0.25, -0.2) is 8.42 Å². The average Bonchev–Trinajstić information content (AvgIpc) is 2.66. The highest BCUT2D eigenvalue weighted by Gasteiger charge is 2.29. The maximum atomic E-state index is 12.1. The second-order valence-electron chi connectivity index (χ2n) is 3.94. The number of carbonyl (C=O) groups is 1. The summed E-state index contributed by atoms with van der Waals surface area (Å²) in [4.78, 5) is 14.2. The zero-order valence-corrected chi connectivity index (χ0v) is 9.91. The largest absolute Gasteiger partial charge is 0.364 e. The van der Waals surface area contributed by atoms with Crippen LogP contribution < -0.4 is 10.5 Å². The number of hydrogen-bond donors (Lipinski definition) is 3. The van der Waals surface area contributed by atoms with Crippen molar-refractivity contribution in [3.63, 3.8) is 0 Å². The third kappa shape index (κ3) is 1.41. The van der Waals surface area contributed by atoms with Crippen LogP contribution >= 0.6 is 0 Å². The van der Waals surface area contributed by atoms with E-state index in [-0.39, 0.29) is 10.6 Å². The summed E-state index contributed by atoms with van der Waals surface area (Å²) in [5.74, 6) is -0.817. The van der Waals surface area contributed by atoms with E-state index in [9.17, 15) is 13.2 Å². The number of benzene rings is 1. The van der Waals surface area contributed by atoms with Crippen LogP contribution in [0.5, 0.6) is 0 Å². The monoisotopic (exact) mass is 263 g/mol. The van der Waals surface area contributed by atoms with Crippen molar-refractivity contribution < 1.29 is 13.2 Å². The summed E-state index contributed by atoms with van der Waals surface area (Å²) in [5, 5.41) is 0.583. The van der Waals surface area contributed by atoms with Gasteiger partial charge in [-0.3, -0.25) is 9.52 Å². The molecule has 0 saturated carbocycles. The smallest absolute Gasteiger partial charge is 0.265 e. The number of hydrogen-bond acceptors (Lipinski definition) is 3. The van der Waals surface area contributed by atoms with Crippen molar-refractivity contribution in [1.29, 1.82) is 0 Å². The van der Waals surface area contributed by atoms with Crippen LogP contribution in [0.4, 0.5) is 0 Å². The molecule has 18 heavy (non-hydrogen) atoms. The van der Waals surface area contributed by atoms with Crippen molar-refractivity contribution in [1.82, 2.24) is 9.71 Å². The summed E-state index contributed by atoms with van der Waals surface area (Å²) >= 11 is 0. The number of H-pyrrole nitrogens is 1. The summed E-state index contributed by atoms with van der Waals surface area (Å²) in [6.45, 7) is 0. The van der Waals surface area contributed by atoms with Crippen molar-refractivity contribution in [2.75, 3.05) is 0 Å². The Morgan fingerprint density at radius 2 is 1.94 bits per heavy atom. The number of fused-ring (bicyclic) bond motifs is 3. The van der Waals surface area contributed by atoms with Crippen molar-refractivity contribution in [3.05, 3.63) is 35.7 Å². The van der Waals surface area contributed by atoms with Gasteiger partial charge in [0.1, 0.15) is 10.6 Å². The Bertz CT molecular complexity index is 802. The summed E-state index contributed by atoms with van der Waals surface area (Å²) < 4.78 is 26.3. The lowest BCUT2D eigenvalue weighted by Crippen LogP contribution is -2.33. The van der Waals surface area contributed by atoms with E-state index >= 15 is 0 Å². The number of sulfonamides is 1. The maximum Gasteiger partial charge on any atom is 0.265 e. The Labute approximate surface area is 103 Å². The lowest BCUT2D eigenvalue weighted by molar-refractivity contribution is -0.114. The molecule has 0 aliphatic carbocycles. The number of primary amides is 1. The highest BCUT2D eigenvalue weighted by atomic mass is 32.2. The summed E-state index contributed by atoms with van der Waals surface area (Å²) in [6.07, 6.45) is 1.40. The molecule has 0 bridgehead atoms. The molecule has 4 N–H and O–H groups in total. The molecule has 3 rings (SSSR count). The van der Waals surface area contributed by atoms with Gasteiger partial charge in [-0.1, -0.05) is 18.2 Å². The van der Waals surface area contributed by atoms with E-state index in [0.717, 1.165) is 0 Å². The Balaban J connectivity index is 2.41. The topological polar surface area (TPSA) is 105 Å². The second kappa shape index (κ2) is 3.36. The molecule has 0 fully saturated rings. The van der Waals surface area contributed by atoms with Gasteiger partial charge in [0.2, 0.25) is 0 Å². The SMILES string of the molecule is NC(=O)C1=Cc2[nH]c3ccccc3c2S(=O)(=O)N1. The predicted molar refractivity (Wildman–Crippen MR) is 65.8 cm³/mol. The van der Waals surface area contributed by atoms with Crippen LogP contribution in [0.25, 0.3) is 17.0 Å². The second-order valence-corrected chi connectivity index (χ2v) is 5.56. The molecular weight excluding hydrogens is 254 g/mol. The first-order chi connectivity index (χ1) is 8.49. The molecule has 92 valence electrons. The lowest BCUT2D eigenvalue weighted by atomic mass is 10.2. The molecule has 0 atom stereocenters. The van der Waals surface area contributed by atoms with Gasteiger partial charge in [0.25, 0.3) is 15.9 Å². The third-order valence-electron chi connectivity index (χ3n) is 2.75. The van der Waals surface area contributed by atoms with Crippen LogP contribution in [0.3, 0.4) is 0 Å². The van der Waals surface area contributed by atoms with Gasteiger partial charge in [0.15, 0.2) is 0 Å². The maximum absolute atomic E-state index is 12.1. The average molecular weight is 263 g/mol. The molecule has 7 heteroatoms. The van der Waals surface area contributed by atoms with E-state index in [1.165, 1.54) is 6.08 Å². The van der Waals surface area contributed by atoms with Crippen LogP contribution in [-0.2, 0) is 14.8 Å². The summed E-state index contributed by atoms with van der Waals surface area (Å²) in [7, 11) is -3.77. The van der Waals surface area contributed by atoms with Gasteiger partial charge in [-0.2, -0.15) is 0 Å². The minimum atomic E-state index is -3.77.